The maximum absolute atomic E-state index is 13.1. The van der Waals surface area contributed by atoms with Crippen molar-refractivity contribution in [2.24, 2.45) is 0 Å². The second-order valence-electron chi connectivity index (χ2n) is 6.40. The van der Waals surface area contributed by atoms with Gasteiger partial charge in [0.2, 0.25) is 9.84 Å². The molecule has 0 saturated carbocycles. The molecule has 0 bridgehead atoms. The quantitative estimate of drug-likeness (QED) is 0.752. The Balaban J connectivity index is 1.67. The molecule has 1 saturated heterocycles. The Hall–Kier alpha value is -2.77. The van der Waals surface area contributed by atoms with Crippen molar-refractivity contribution in [1.82, 2.24) is 15.2 Å². The van der Waals surface area contributed by atoms with Crippen LogP contribution in [0.1, 0.15) is 10.4 Å². The first kappa shape index (κ1) is 17.6. The molecule has 138 valence electrons. The van der Waals surface area contributed by atoms with Gasteiger partial charge in [0.05, 0.1) is 15.3 Å². The van der Waals surface area contributed by atoms with Gasteiger partial charge >= 0.3 is 0 Å². The van der Waals surface area contributed by atoms with E-state index in [2.05, 4.69) is 10.3 Å². The van der Waals surface area contributed by atoms with Gasteiger partial charge in [-0.15, -0.1) is 0 Å². The molecule has 3 aromatic rings. The van der Waals surface area contributed by atoms with Crippen LogP contribution in [0, 0.1) is 0 Å². The van der Waals surface area contributed by atoms with Crippen LogP contribution in [0.5, 0.6) is 0 Å². The van der Waals surface area contributed by atoms with Crippen LogP contribution in [-0.2, 0) is 9.84 Å². The zero-order valence-electron chi connectivity index (χ0n) is 14.6. The second kappa shape index (κ2) is 7.09. The number of fused-ring (bicyclic) bond motifs is 1. The number of pyridine rings is 1. The van der Waals surface area contributed by atoms with Gasteiger partial charge in [-0.2, -0.15) is 0 Å². The van der Waals surface area contributed by atoms with E-state index < -0.39 is 9.84 Å². The van der Waals surface area contributed by atoms with Crippen molar-refractivity contribution in [2.75, 3.05) is 26.2 Å². The Morgan fingerprint density at radius 3 is 2.41 bits per heavy atom. The molecule has 1 aromatic heterocycles. The number of nitrogens with one attached hydrogen (secondary N) is 1. The first-order valence-electron chi connectivity index (χ1n) is 8.76. The molecular weight excluding hydrogens is 362 g/mol. The smallest absolute Gasteiger partial charge is 0.253 e. The molecule has 7 heteroatoms. The number of sulfone groups is 1. The van der Waals surface area contributed by atoms with E-state index in [-0.39, 0.29) is 15.7 Å². The number of aromatic nitrogens is 1. The van der Waals surface area contributed by atoms with Crippen LogP contribution in [0.4, 0.5) is 0 Å². The standard InChI is InChI=1S/C20H19N3O3S/c24-20(23-13-11-21-12-14-23)16-6-8-17(9-7-16)27(25,26)18-5-1-3-15-4-2-10-22-19(15)18/h1-10,21H,11-14H2. The van der Waals surface area contributed by atoms with E-state index in [9.17, 15) is 13.2 Å². The molecule has 6 nitrogen and oxygen atoms in total. The first-order chi connectivity index (χ1) is 13.1. The summed E-state index contributed by atoms with van der Waals surface area (Å²) >= 11 is 0. The minimum Gasteiger partial charge on any atom is -0.336 e. The van der Waals surface area contributed by atoms with Gasteiger partial charge in [-0.05, 0) is 36.4 Å². The third-order valence-electron chi connectivity index (χ3n) is 4.70. The highest BCUT2D eigenvalue weighted by molar-refractivity contribution is 7.91. The zero-order chi connectivity index (χ0) is 18.9. The van der Waals surface area contributed by atoms with Crippen LogP contribution in [0.25, 0.3) is 10.9 Å². The van der Waals surface area contributed by atoms with Crippen LogP contribution in [0.2, 0.25) is 0 Å². The summed E-state index contributed by atoms with van der Waals surface area (Å²) in [5.74, 6) is -0.0766. The van der Waals surface area contributed by atoms with Gasteiger partial charge in [0.25, 0.3) is 5.91 Å². The summed E-state index contributed by atoms with van der Waals surface area (Å²) in [6.07, 6.45) is 1.58. The van der Waals surface area contributed by atoms with Crippen LogP contribution in [-0.4, -0.2) is 50.4 Å². The van der Waals surface area contributed by atoms with Gasteiger partial charge in [-0.25, -0.2) is 8.42 Å². The predicted octanol–water partition coefficient (Wildman–Crippen LogP) is 2.11. The molecule has 0 atom stereocenters. The maximum Gasteiger partial charge on any atom is 0.253 e. The average molecular weight is 381 g/mol. The number of para-hydroxylation sites is 1. The average Bonchev–Trinajstić information content (AvgIpc) is 2.73. The number of piperazine rings is 1. The molecule has 0 aliphatic carbocycles. The van der Waals surface area contributed by atoms with Crippen LogP contribution in [0.15, 0.2) is 70.6 Å². The minimum atomic E-state index is -3.73. The number of carbonyl (C=O) groups is 1. The molecule has 0 radical (unpaired) electrons. The van der Waals surface area contributed by atoms with Gasteiger partial charge in [0.1, 0.15) is 0 Å². The van der Waals surface area contributed by atoms with Crippen molar-refractivity contribution >= 4 is 26.6 Å². The molecule has 2 heterocycles. The van der Waals surface area contributed by atoms with Crippen molar-refractivity contribution in [2.45, 2.75) is 9.79 Å². The number of rotatable bonds is 3. The highest BCUT2D eigenvalue weighted by atomic mass is 32.2. The maximum atomic E-state index is 13.1. The van der Waals surface area contributed by atoms with E-state index in [1.807, 2.05) is 12.1 Å². The zero-order valence-corrected chi connectivity index (χ0v) is 15.4. The summed E-state index contributed by atoms with van der Waals surface area (Å²) in [5, 5.41) is 3.97. The molecule has 1 fully saturated rings. The first-order valence-corrected chi connectivity index (χ1v) is 10.2. The fraction of sp³-hybridized carbons (Fsp3) is 0.200. The van der Waals surface area contributed by atoms with E-state index in [4.69, 9.17) is 0 Å². The topological polar surface area (TPSA) is 79.4 Å². The number of nitrogens with zero attached hydrogens (tertiary/aromatic N) is 2. The number of carbonyl (C=O) groups excluding carboxylic acids is 1. The van der Waals surface area contributed by atoms with Crippen molar-refractivity contribution < 1.29 is 13.2 Å². The molecule has 27 heavy (non-hydrogen) atoms. The third kappa shape index (κ3) is 3.31. The van der Waals surface area contributed by atoms with E-state index in [1.54, 1.807) is 41.4 Å². The Bertz CT molecular complexity index is 1080. The Kier molecular flexibility index (Phi) is 4.63. The number of hydrogen-bond donors (Lipinski definition) is 1. The summed E-state index contributed by atoms with van der Waals surface area (Å²) in [6.45, 7) is 2.85. The van der Waals surface area contributed by atoms with Crippen molar-refractivity contribution in [1.29, 1.82) is 0 Å². The van der Waals surface area contributed by atoms with Crippen LogP contribution in [0.3, 0.4) is 0 Å². The Morgan fingerprint density at radius 2 is 1.67 bits per heavy atom. The van der Waals surface area contributed by atoms with Gasteiger partial charge < -0.3 is 10.2 Å². The van der Waals surface area contributed by atoms with E-state index >= 15 is 0 Å². The number of amides is 1. The summed E-state index contributed by atoms with van der Waals surface area (Å²) in [6, 6.07) is 14.8. The summed E-state index contributed by atoms with van der Waals surface area (Å²) in [5.41, 5.74) is 0.938. The number of hydrogen-bond acceptors (Lipinski definition) is 5. The highest BCUT2D eigenvalue weighted by Gasteiger charge is 2.23. The van der Waals surface area contributed by atoms with Gasteiger partial charge in [-0.1, -0.05) is 18.2 Å². The molecule has 0 unspecified atom stereocenters. The lowest BCUT2D eigenvalue weighted by Gasteiger charge is -2.27. The van der Waals surface area contributed by atoms with Gasteiger partial charge in [0, 0.05) is 43.3 Å². The molecule has 0 spiro atoms. The highest BCUT2D eigenvalue weighted by Crippen LogP contribution is 2.27. The van der Waals surface area contributed by atoms with E-state index in [1.165, 1.54) is 12.1 Å². The lowest BCUT2D eigenvalue weighted by molar-refractivity contribution is 0.0735. The molecule has 1 aliphatic rings. The summed E-state index contributed by atoms with van der Waals surface area (Å²) in [4.78, 5) is 18.9. The Labute approximate surface area is 157 Å². The van der Waals surface area contributed by atoms with Crippen LogP contribution < -0.4 is 5.32 Å². The van der Waals surface area contributed by atoms with E-state index in [0.29, 0.717) is 24.2 Å². The molecular formula is C20H19N3O3S. The summed E-state index contributed by atoms with van der Waals surface area (Å²) in [7, 11) is -3.73. The molecule has 2 aromatic carbocycles. The normalized spacial score (nSPS) is 15.0. The fourth-order valence-electron chi connectivity index (χ4n) is 3.25. The molecule has 1 N–H and O–H groups in total. The van der Waals surface area contributed by atoms with Gasteiger partial charge in [-0.3, -0.25) is 9.78 Å². The monoisotopic (exact) mass is 381 g/mol. The lowest BCUT2D eigenvalue weighted by atomic mass is 10.2. The van der Waals surface area contributed by atoms with Gasteiger partial charge in [0.15, 0.2) is 0 Å². The SMILES string of the molecule is O=C(c1ccc(S(=O)(=O)c2cccc3cccnc23)cc1)N1CCNCC1. The van der Waals surface area contributed by atoms with Crippen molar-refractivity contribution in [3.05, 3.63) is 66.4 Å². The lowest BCUT2D eigenvalue weighted by Crippen LogP contribution is -2.46. The fourth-order valence-corrected chi connectivity index (χ4v) is 4.68. The summed E-state index contributed by atoms with van der Waals surface area (Å²) < 4.78 is 26.2. The molecule has 1 aliphatic heterocycles. The van der Waals surface area contributed by atoms with Crippen LogP contribution >= 0.6 is 0 Å². The van der Waals surface area contributed by atoms with E-state index in [0.717, 1.165) is 18.5 Å². The predicted molar refractivity (Wildman–Crippen MR) is 102 cm³/mol. The molecule has 1 amide bonds. The van der Waals surface area contributed by atoms with Crippen molar-refractivity contribution in [3.63, 3.8) is 0 Å². The molecule has 4 rings (SSSR count). The van der Waals surface area contributed by atoms with Crippen molar-refractivity contribution in [3.8, 4) is 0 Å². The second-order valence-corrected chi connectivity index (χ2v) is 8.32. The Morgan fingerprint density at radius 1 is 0.963 bits per heavy atom. The minimum absolute atomic E-state index is 0.0766. The number of benzene rings is 2. The largest absolute Gasteiger partial charge is 0.336 e. The third-order valence-corrected chi connectivity index (χ3v) is 6.50.